The Labute approximate surface area is 128 Å². The van der Waals surface area contributed by atoms with E-state index in [4.69, 9.17) is 5.73 Å². The monoisotopic (exact) mass is 287 g/mol. The van der Waals surface area contributed by atoms with Crippen molar-refractivity contribution in [2.45, 2.75) is 69.7 Å². The van der Waals surface area contributed by atoms with Gasteiger partial charge in [0.15, 0.2) is 0 Å². The predicted octanol–water partition coefficient (Wildman–Crippen LogP) is 2.51. The highest BCUT2D eigenvalue weighted by molar-refractivity contribution is 5.15. The molecule has 0 bridgehead atoms. The van der Waals surface area contributed by atoms with E-state index in [1.165, 1.54) is 44.2 Å². The molecule has 1 aromatic rings. The summed E-state index contributed by atoms with van der Waals surface area (Å²) in [4.78, 5) is 2.61. The summed E-state index contributed by atoms with van der Waals surface area (Å²) in [7, 11) is 0. The maximum absolute atomic E-state index is 6.00. The van der Waals surface area contributed by atoms with E-state index in [1.54, 1.807) is 0 Å². The molecule has 116 valence electrons. The molecule has 3 rings (SSSR count). The molecule has 0 spiro atoms. The summed E-state index contributed by atoms with van der Waals surface area (Å²) < 4.78 is 0. The molecule has 1 aromatic carbocycles. The van der Waals surface area contributed by atoms with Gasteiger partial charge in [0.25, 0.3) is 0 Å². The largest absolute Gasteiger partial charge is 0.328 e. The number of nitrogens with zero attached hydrogens (tertiary/aromatic N) is 1. The molecule has 3 N–H and O–H groups in total. The van der Waals surface area contributed by atoms with E-state index in [2.05, 4.69) is 47.5 Å². The van der Waals surface area contributed by atoms with E-state index in [0.29, 0.717) is 24.2 Å². The van der Waals surface area contributed by atoms with Crippen molar-refractivity contribution in [3.05, 3.63) is 35.9 Å². The van der Waals surface area contributed by atoms with Crippen molar-refractivity contribution in [3.8, 4) is 0 Å². The first kappa shape index (κ1) is 15.0. The highest BCUT2D eigenvalue weighted by Gasteiger charge is 2.31. The van der Waals surface area contributed by atoms with Crippen molar-refractivity contribution < 1.29 is 0 Å². The molecule has 3 nitrogen and oxygen atoms in total. The third kappa shape index (κ3) is 4.06. The van der Waals surface area contributed by atoms with Gasteiger partial charge in [-0.25, -0.2) is 0 Å². The standard InChI is InChI=1S/C18H29N3/c1-14-11-18(20-17-9-7-16(19)8-10-17)13-21(14)12-15-5-3-2-4-6-15/h2-6,14,16-18,20H,7-13,19H2,1H3. The number of benzene rings is 1. The fourth-order valence-electron chi connectivity index (χ4n) is 3.88. The molecular weight excluding hydrogens is 258 g/mol. The number of hydrogen-bond donors (Lipinski definition) is 2. The van der Waals surface area contributed by atoms with Gasteiger partial charge in [-0.05, 0) is 44.6 Å². The van der Waals surface area contributed by atoms with Crippen molar-refractivity contribution >= 4 is 0 Å². The first-order valence-corrected chi connectivity index (χ1v) is 8.50. The maximum Gasteiger partial charge on any atom is 0.0237 e. The summed E-state index contributed by atoms with van der Waals surface area (Å²) in [5.41, 5.74) is 7.42. The number of likely N-dealkylation sites (tertiary alicyclic amines) is 1. The van der Waals surface area contributed by atoms with Crippen molar-refractivity contribution in [2.75, 3.05) is 6.54 Å². The second-order valence-corrected chi connectivity index (χ2v) is 6.98. The number of nitrogens with one attached hydrogen (secondary N) is 1. The Hall–Kier alpha value is -0.900. The lowest BCUT2D eigenvalue weighted by molar-refractivity contribution is 0.252. The summed E-state index contributed by atoms with van der Waals surface area (Å²) in [6.45, 7) is 4.62. The normalized spacial score (nSPS) is 34.2. The van der Waals surface area contributed by atoms with Gasteiger partial charge in [0.2, 0.25) is 0 Å². The zero-order valence-electron chi connectivity index (χ0n) is 13.2. The third-order valence-electron chi connectivity index (χ3n) is 5.18. The van der Waals surface area contributed by atoms with E-state index in [0.717, 1.165) is 6.54 Å². The molecule has 2 fully saturated rings. The molecule has 2 atom stereocenters. The number of rotatable bonds is 4. The third-order valence-corrected chi connectivity index (χ3v) is 5.18. The number of nitrogens with two attached hydrogens (primary N) is 1. The van der Waals surface area contributed by atoms with Crippen LogP contribution in [-0.2, 0) is 6.54 Å². The summed E-state index contributed by atoms with van der Waals surface area (Å²) >= 11 is 0. The first-order chi connectivity index (χ1) is 10.2. The summed E-state index contributed by atoms with van der Waals surface area (Å²) in [5, 5.41) is 3.89. The van der Waals surface area contributed by atoms with Crippen LogP contribution in [-0.4, -0.2) is 35.6 Å². The van der Waals surface area contributed by atoms with Crippen LogP contribution in [0.3, 0.4) is 0 Å². The van der Waals surface area contributed by atoms with Crippen LogP contribution in [0.15, 0.2) is 30.3 Å². The Balaban J connectivity index is 1.49. The van der Waals surface area contributed by atoms with Gasteiger partial charge in [-0.1, -0.05) is 30.3 Å². The quantitative estimate of drug-likeness (QED) is 0.894. The molecule has 3 heteroatoms. The van der Waals surface area contributed by atoms with E-state index in [-0.39, 0.29) is 0 Å². The lowest BCUT2D eigenvalue weighted by Gasteiger charge is -2.29. The molecule has 0 aromatic heterocycles. The zero-order chi connectivity index (χ0) is 14.7. The average Bonchev–Trinajstić information content (AvgIpc) is 2.82. The lowest BCUT2D eigenvalue weighted by Crippen LogP contribution is -2.43. The van der Waals surface area contributed by atoms with Gasteiger partial charge in [-0.15, -0.1) is 0 Å². The van der Waals surface area contributed by atoms with E-state index in [9.17, 15) is 0 Å². The molecule has 1 aliphatic heterocycles. The molecule has 21 heavy (non-hydrogen) atoms. The van der Waals surface area contributed by atoms with Gasteiger partial charge in [0, 0.05) is 37.3 Å². The average molecular weight is 287 g/mol. The molecule has 2 unspecified atom stereocenters. The molecule has 0 radical (unpaired) electrons. The van der Waals surface area contributed by atoms with Crippen molar-refractivity contribution in [2.24, 2.45) is 5.73 Å². The molecule has 1 aliphatic carbocycles. The van der Waals surface area contributed by atoms with Crippen LogP contribution in [0.2, 0.25) is 0 Å². The second-order valence-electron chi connectivity index (χ2n) is 6.98. The van der Waals surface area contributed by atoms with Gasteiger partial charge >= 0.3 is 0 Å². The lowest BCUT2D eigenvalue weighted by atomic mass is 9.91. The minimum absolute atomic E-state index is 0.445. The van der Waals surface area contributed by atoms with Crippen LogP contribution < -0.4 is 11.1 Å². The Morgan fingerprint density at radius 1 is 1.10 bits per heavy atom. The molecule has 2 aliphatic rings. The molecule has 1 saturated heterocycles. The fraction of sp³-hybridized carbons (Fsp3) is 0.667. The van der Waals surface area contributed by atoms with E-state index in [1.807, 2.05) is 0 Å². The van der Waals surface area contributed by atoms with Crippen LogP contribution in [0.5, 0.6) is 0 Å². The SMILES string of the molecule is CC1CC(NC2CCC(N)CC2)CN1Cc1ccccc1. The fourth-order valence-corrected chi connectivity index (χ4v) is 3.88. The predicted molar refractivity (Wildman–Crippen MR) is 88.1 cm³/mol. The van der Waals surface area contributed by atoms with Gasteiger partial charge in [-0.2, -0.15) is 0 Å². The second kappa shape index (κ2) is 6.91. The number of hydrogen-bond acceptors (Lipinski definition) is 3. The molecule has 1 saturated carbocycles. The highest BCUT2D eigenvalue weighted by Crippen LogP contribution is 2.23. The van der Waals surface area contributed by atoms with Gasteiger partial charge < -0.3 is 11.1 Å². The summed E-state index contributed by atoms with van der Waals surface area (Å²) in [5.74, 6) is 0. The van der Waals surface area contributed by atoms with Crippen LogP contribution >= 0.6 is 0 Å². The Morgan fingerprint density at radius 3 is 2.52 bits per heavy atom. The Bertz CT molecular complexity index is 425. The topological polar surface area (TPSA) is 41.3 Å². The summed E-state index contributed by atoms with van der Waals surface area (Å²) in [6.07, 6.45) is 6.16. The maximum atomic E-state index is 6.00. The van der Waals surface area contributed by atoms with Crippen molar-refractivity contribution in [1.82, 2.24) is 10.2 Å². The zero-order valence-corrected chi connectivity index (χ0v) is 13.2. The minimum atomic E-state index is 0.445. The summed E-state index contributed by atoms with van der Waals surface area (Å²) in [6, 6.07) is 13.3. The van der Waals surface area contributed by atoms with E-state index >= 15 is 0 Å². The Kier molecular flexibility index (Phi) is 4.94. The molecule has 1 heterocycles. The first-order valence-electron chi connectivity index (χ1n) is 8.50. The van der Waals surface area contributed by atoms with Crippen LogP contribution in [0.1, 0.15) is 44.6 Å². The van der Waals surface area contributed by atoms with Crippen molar-refractivity contribution in [3.63, 3.8) is 0 Å². The van der Waals surface area contributed by atoms with Crippen LogP contribution in [0.4, 0.5) is 0 Å². The highest BCUT2D eigenvalue weighted by atomic mass is 15.2. The molecular formula is C18H29N3. The van der Waals surface area contributed by atoms with Crippen LogP contribution in [0, 0.1) is 0 Å². The molecule has 0 amide bonds. The van der Waals surface area contributed by atoms with Gasteiger partial charge in [0.05, 0.1) is 0 Å². The van der Waals surface area contributed by atoms with Gasteiger partial charge in [-0.3, -0.25) is 4.90 Å². The van der Waals surface area contributed by atoms with Crippen LogP contribution in [0.25, 0.3) is 0 Å². The van der Waals surface area contributed by atoms with Crippen molar-refractivity contribution in [1.29, 1.82) is 0 Å². The smallest absolute Gasteiger partial charge is 0.0237 e. The van der Waals surface area contributed by atoms with E-state index < -0.39 is 0 Å². The Morgan fingerprint density at radius 2 is 1.81 bits per heavy atom. The van der Waals surface area contributed by atoms with Gasteiger partial charge in [0.1, 0.15) is 0 Å². The minimum Gasteiger partial charge on any atom is -0.328 e.